The predicted octanol–water partition coefficient (Wildman–Crippen LogP) is 1.45. The van der Waals surface area contributed by atoms with Crippen LogP contribution in [0.5, 0.6) is 0 Å². The lowest BCUT2D eigenvalue weighted by atomic mass is 10.2. The summed E-state index contributed by atoms with van der Waals surface area (Å²) in [6.45, 7) is 2.36. The first-order chi connectivity index (χ1) is 9.81. The summed E-state index contributed by atoms with van der Waals surface area (Å²) in [4.78, 5) is 22.2. The topological polar surface area (TPSA) is 61.0 Å². The van der Waals surface area contributed by atoms with E-state index < -0.39 is 0 Å². The number of fused-ring (bicyclic) bond motifs is 1. The van der Waals surface area contributed by atoms with E-state index >= 15 is 0 Å². The van der Waals surface area contributed by atoms with Crippen molar-refractivity contribution in [1.29, 1.82) is 0 Å². The minimum absolute atomic E-state index is 0.110. The third-order valence-corrected chi connectivity index (χ3v) is 4.15. The standard InChI is InChI=1S/C15H18N4O/c20-15(10-5-6-10)19-8-7-16-13(9-19)14-17-11-3-1-2-4-12(11)18-14/h1-4,10,13,16H,5-9H2,(H,17,18). The molecule has 1 amide bonds. The van der Waals surface area contributed by atoms with Gasteiger partial charge in [0, 0.05) is 25.6 Å². The van der Waals surface area contributed by atoms with E-state index in [1.54, 1.807) is 0 Å². The van der Waals surface area contributed by atoms with Crippen LogP contribution in [0.3, 0.4) is 0 Å². The van der Waals surface area contributed by atoms with Gasteiger partial charge in [-0.05, 0) is 25.0 Å². The number of aromatic amines is 1. The van der Waals surface area contributed by atoms with E-state index in [-0.39, 0.29) is 6.04 Å². The van der Waals surface area contributed by atoms with Crippen molar-refractivity contribution in [2.24, 2.45) is 5.92 Å². The van der Waals surface area contributed by atoms with E-state index in [2.05, 4.69) is 15.3 Å². The van der Waals surface area contributed by atoms with E-state index in [4.69, 9.17) is 0 Å². The number of aromatic nitrogens is 2. The van der Waals surface area contributed by atoms with Crippen LogP contribution in [0.15, 0.2) is 24.3 Å². The zero-order valence-corrected chi connectivity index (χ0v) is 11.3. The number of hydrogen-bond donors (Lipinski definition) is 2. The Labute approximate surface area is 117 Å². The second kappa shape index (κ2) is 4.59. The van der Waals surface area contributed by atoms with Gasteiger partial charge in [-0.2, -0.15) is 0 Å². The number of nitrogens with zero attached hydrogens (tertiary/aromatic N) is 2. The number of hydrogen-bond acceptors (Lipinski definition) is 3. The summed E-state index contributed by atoms with van der Waals surface area (Å²) in [6.07, 6.45) is 2.14. The summed E-state index contributed by atoms with van der Waals surface area (Å²) in [5.74, 6) is 1.55. The van der Waals surface area contributed by atoms with Crippen molar-refractivity contribution < 1.29 is 4.79 Å². The van der Waals surface area contributed by atoms with Crippen molar-refractivity contribution in [3.05, 3.63) is 30.1 Å². The van der Waals surface area contributed by atoms with Crippen LogP contribution in [0.4, 0.5) is 0 Å². The fourth-order valence-electron chi connectivity index (χ4n) is 2.86. The molecule has 20 heavy (non-hydrogen) atoms. The van der Waals surface area contributed by atoms with Gasteiger partial charge in [0.25, 0.3) is 0 Å². The van der Waals surface area contributed by atoms with Gasteiger partial charge < -0.3 is 15.2 Å². The largest absolute Gasteiger partial charge is 0.341 e. The lowest BCUT2D eigenvalue weighted by Crippen LogP contribution is -2.49. The molecule has 0 bridgehead atoms. The first-order valence-electron chi connectivity index (χ1n) is 7.28. The maximum absolute atomic E-state index is 12.2. The molecule has 2 aromatic rings. The number of piperazine rings is 1. The average Bonchev–Trinajstić information content (AvgIpc) is 3.25. The molecule has 1 aromatic carbocycles. The lowest BCUT2D eigenvalue weighted by molar-refractivity contribution is -0.133. The molecule has 1 saturated carbocycles. The summed E-state index contributed by atoms with van der Waals surface area (Å²) in [6, 6.07) is 8.14. The maximum Gasteiger partial charge on any atom is 0.225 e. The molecule has 2 fully saturated rings. The second-order valence-corrected chi connectivity index (χ2v) is 5.70. The number of benzene rings is 1. The van der Waals surface area contributed by atoms with Gasteiger partial charge in [0.1, 0.15) is 5.82 Å². The number of carbonyl (C=O) groups is 1. The Morgan fingerprint density at radius 2 is 2.15 bits per heavy atom. The molecule has 1 saturated heterocycles. The van der Waals surface area contributed by atoms with Gasteiger partial charge in [0.05, 0.1) is 17.1 Å². The first kappa shape index (κ1) is 11.9. The highest BCUT2D eigenvalue weighted by Crippen LogP contribution is 2.32. The molecule has 2 heterocycles. The monoisotopic (exact) mass is 270 g/mol. The highest BCUT2D eigenvalue weighted by Gasteiger charge is 2.36. The highest BCUT2D eigenvalue weighted by molar-refractivity contribution is 5.81. The van der Waals surface area contributed by atoms with Gasteiger partial charge in [0.2, 0.25) is 5.91 Å². The molecule has 1 atom stereocenters. The van der Waals surface area contributed by atoms with Crippen LogP contribution in [0.2, 0.25) is 0 Å². The van der Waals surface area contributed by atoms with E-state index in [0.717, 1.165) is 49.3 Å². The zero-order chi connectivity index (χ0) is 13.5. The van der Waals surface area contributed by atoms with E-state index in [9.17, 15) is 4.79 Å². The van der Waals surface area contributed by atoms with Crippen LogP contribution < -0.4 is 5.32 Å². The second-order valence-electron chi connectivity index (χ2n) is 5.70. The summed E-state index contributed by atoms with van der Waals surface area (Å²) < 4.78 is 0. The molecule has 1 aliphatic heterocycles. The number of nitrogens with one attached hydrogen (secondary N) is 2. The Morgan fingerprint density at radius 1 is 1.30 bits per heavy atom. The van der Waals surface area contributed by atoms with Gasteiger partial charge >= 0.3 is 0 Å². The fraction of sp³-hybridized carbons (Fsp3) is 0.467. The van der Waals surface area contributed by atoms with E-state index in [0.29, 0.717) is 11.8 Å². The molecule has 1 aromatic heterocycles. The number of carbonyl (C=O) groups excluding carboxylic acids is 1. The summed E-state index contributed by atoms with van der Waals surface area (Å²) in [5, 5.41) is 3.45. The van der Waals surface area contributed by atoms with Crippen molar-refractivity contribution in [3.63, 3.8) is 0 Å². The number of amides is 1. The Hall–Kier alpha value is -1.88. The summed E-state index contributed by atoms with van der Waals surface area (Å²) in [7, 11) is 0. The number of H-pyrrole nitrogens is 1. The van der Waals surface area contributed by atoms with Gasteiger partial charge in [-0.25, -0.2) is 4.98 Å². The minimum atomic E-state index is 0.110. The molecule has 1 aliphatic carbocycles. The first-order valence-corrected chi connectivity index (χ1v) is 7.28. The van der Waals surface area contributed by atoms with Crippen molar-refractivity contribution in [1.82, 2.24) is 20.2 Å². The average molecular weight is 270 g/mol. The Balaban J connectivity index is 1.56. The molecule has 5 heteroatoms. The third kappa shape index (κ3) is 2.08. The molecular formula is C15H18N4O. The molecule has 5 nitrogen and oxygen atoms in total. The Morgan fingerprint density at radius 3 is 2.95 bits per heavy atom. The van der Waals surface area contributed by atoms with Gasteiger partial charge in [-0.1, -0.05) is 12.1 Å². The van der Waals surface area contributed by atoms with Crippen molar-refractivity contribution in [2.45, 2.75) is 18.9 Å². The molecule has 0 radical (unpaired) electrons. The predicted molar refractivity (Wildman–Crippen MR) is 76.1 cm³/mol. The molecular weight excluding hydrogens is 252 g/mol. The van der Waals surface area contributed by atoms with Gasteiger partial charge in [0.15, 0.2) is 0 Å². The van der Waals surface area contributed by atoms with Crippen LogP contribution >= 0.6 is 0 Å². The lowest BCUT2D eigenvalue weighted by Gasteiger charge is -2.32. The molecule has 2 N–H and O–H groups in total. The van der Waals surface area contributed by atoms with Crippen LogP contribution in [-0.4, -0.2) is 40.4 Å². The summed E-state index contributed by atoms with van der Waals surface area (Å²) in [5.41, 5.74) is 2.03. The van der Waals surface area contributed by atoms with Gasteiger partial charge in [-0.3, -0.25) is 4.79 Å². The number of para-hydroxylation sites is 2. The third-order valence-electron chi connectivity index (χ3n) is 4.15. The fourth-order valence-corrected chi connectivity index (χ4v) is 2.86. The van der Waals surface area contributed by atoms with Crippen molar-refractivity contribution in [3.8, 4) is 0 Å². The summed E-state index contributed by atoms with van der Waals surface area (Å²) >= 11 is 0. The minimum Gasteiger partial charge on any atom is -0.341 e. The van der Waals surface area contributed by atoms with Crippen LogP contribution in [0.1, 0.15) is 24.7 Å². The Bertz CT molecular complexity index is 613. The van der Waals surface area contributed by atoms with E-state index in [1.165, 1.54) is 0 Å². The smallest absolute Gasteiger partial charge is 0.225 e. The number of imidazole rings is 1. The zero-order valence-electron chi connectivity index (χ0n) is 11.3. The molecule has 1 unspecified atom stereocenters. The normalized spacial score (nSPS) is 23.2. The van der Waals surface area contributed by atoms with Crippen molar-refractivity contribution in [2.75, 3.05) is 19.6 Å². The van der Waals surface area contributed by atoms with Crippen molar-refractivity contribution >= 4 is 16.9 Å². The van der Waals surface area contributed by atoms with Crippen LogP contribution in [0.25, 0.3) is 11.0 Å². The molecule has 0 spiro atoms. The maximum atomic E-state index is 12.2. The quantitative estimate of drug-likeness (QED) is 0.868. The molecule has 4 rings (SSSR count). The van der Waals surface area contributed by atoms with Crippen LogP contribution in [0, 0.1) is 5.92 Å². The molecule has 2 aliphatic rings. The highest BCUT2D eigenvalue weighted by atomic mass is 16.2. The number of rotatable bonds is 2. The Kier molecular flexibility index (Phi) is 2.73. The van der Waals surface area contributed by atoms with Crippen LogP contribution in [-0.2, 0) is 4.79 Å². The van der Waals surface area contributed by atoms with E-state index in [1.807, 2.05) is 29.2 Å². The van der Waals surface area contributed by atoms with Gasteiger partial charge in [-0.15, -0.1) is 0 Å². The molecule has 104 valence electrons. The SMILES string of the molecule is O=C(C1CC1)N1CCNC(c2nc3ccccc3[nH]2)C1.